The van der Waals surface area contributed by atoms with E-state index in [0.29, 0.717) is 12.6 Å². The van der Waals surface area contributed by atoms with Gasteiger partial charge >= 0.3 is 0 Å². The number of piperazine rings is 1. The number of nitrogens with one attached hydrogen (secondary N) is 2. The molecule has 0 spiro atoms. The minimum absolute atomic E-state index is 0.0219. The predicted octanol–water partition coefficient (Wildman–Crippen LogP) is 3.44. The third-order valence-electron chi connectivity index (χ3n) is 7.01. The fourth-order valence-electron chi connectivity index (χ4n) is 4.61. The van der Waals surface area contributed by atoms with Crippen molar-refractivity contribution in [2.75, 3.05) is 78.4 Å². The Morgan fingerprint density at radius 1 is 0.943 bits per heavy atom. The highest BCUT2D eigenvalue weighted by atomic mass is 32.1. The number of thiophene rings is 1. The second-order valence-corrected chi connectivity index (χ2v) is 11.0. The number of likely N-dealkylation sites (tertiary alicyclic amines) is 1. The highest BCUT2D eigenvalue weighted by molar-refractivity contribution is 7.19. The molecule has 0 aliphatic carbocycles. The lowest BCUT2D eigenvalue weighted by molar-refractivity contribution is -0.115. The molecule has 0 bridgehead atoms. The molecule has 2 aliphatic heterocycles. The number of piperidine rings is 1. The lowest BCUT2D eigenvalue weighted by Crippen LogP contribution is -2.44. The van der Waals surface area contributed by atoms with E-state index >= 15 is 0 Å². The Balaban J connectivity index is 1.13. The summed E-state index contributed by atoms with van der Waals surface area (Å²) in [7, 11) is 4.34. The molecule has 1 aromatic heterocycles. The summed E-state index contributed by atoms with van der Waals surface area (Å²) >= 11 is 1.61. The van der Waals surface area contributed by atoms with Crippen molar-refractivity contribution in [1.82, 2.24) is 20.0 Å². The van der Waals surface area contributed by atoms with Crippen molar-refractivity contribution in [3.63, 3.8) is 0 Å². The molecular formula is C27H41N5O2S. The Labute approximate surface area is 214 Å². The summed E-state index contributed by atoms with van der Waals surface area (Å²) in [6.45, 7) is 9.19. The van der Waals surface area contributed by atoms with Gasteiger partial charge in [0.1, 0.15) is 5.75 Å². The maximum Gasteiger partial charge on any atom is 0.238 e. The molecule has 3 heterocycles. The van der Waals surface area contributed by atoms with E-state index in [0.717, 1.165) is 60.2 Å². The summed E-state index contributed by atoms with van der Waals surface area (Å²) in [4.78, 5) is 20.8. The van der Waals surface area contributed by atoms with E-state index in [9.17, 15) is 4.79 Å². The topological polar surface area (TPSA) is 60.1 Å². The van der Waals surface area contributed by atoms with Gasteiger partial charge in [-0.15, -0.1) is 11.3 Å². The number of carbonyl (C=O) groups is 1. The van der Waals surface area contributed by atoms with Crippen molar-refractivity contribution >= 4 is 22.2 Å². The molecule has 1 amide bonds. The van der Waals surface area contributed by atoms with Gasteiger partial charge in [-0.05, 0) is 101 Å². The fraction of sp³-hybridized carbons (Fsp3) is 0.593. The van der Waals surface area contributed by atoms with E-state index in [2.05, 4.69) is 57.6 Å². The van der Waals surface area contributed by atoms with Crippen LogP contribution in [0.5, 0.6) is 5.75 Å². The lowest BCUT2D eigenvalue weighted by atomic mass is 10.1. The third-order valence-corrected chi connectivity index (χ3v) is 8.06. The minimum atomic E-state index is 0.0219. The molecule has 2 fully saturated rings. The number of carbonyl (C=O) groups excluding carboxylic acids is 1. The van der Waals surface area contributed by atoms with E-state index in [1.807, 2.05) is 18.2 Å². The van der Waals surface area contributed by atoms with Gasteiger partial charge in [-0.25, -0.2) is 0 Å². The summed E-state index contributed by atoms with van der Waals surface area (Å²) < 4.78 is 5.95. The van der Waals surface area contributed by atoms with Crippen molar-refractivity contribution in [1.29, 1.82) is 0 Å². The van der Waals surface area contributed by atoms with E-state index < -0.39 is 0 Å². The molecule has 1 aromatic carbocycles. The highest BCUT2D eigenvalue weighted by Gasteiger charge is 2.17. The molecule has 4 rings (SSSR count). The van der Waals surface area contributed by atoms with Crippen LogP contribution in [0.4, 0.5) is 5.00 Å². The molecule has 2 saturated heterocycles. The summed E-state index contributed by atoms with van der Waals surface area (Å²) in [6.07, 6.45) is 4.46. The first kappa shape index (κ1) is 26.1. The molecular weight excluding hydrogens is 458 g/mol. The quantitative estimate of drug-likeness (QED) is 0.462. The van der Waals surface area contributed by atoms with Crippen LogP contribution in [0.1, 0.15) is 25.7 Å². The number of hydrogen-bond acceptors (Lipinski definition) is 7. The third kappa shape index (κ3) is 8.58. The number of ether oxygens (including phenoxy) is 1. The summed E-state index contributed by atoms with van der Waals surface area (Å²) in [5, 5.41) is 7.32. The molecule has 8 heteroatoms. The molecule has 192 valence electrons. The second kappa shape index (κ2) is 13.4. The largest absolute Gasteiger partial charge is 0.494 e. The highest BCUT2D eigenvalue weighted by Crippen LogP contribution is 2.32. The van der Waals surface area contributed by atoms with Gasteiger partial charge in [0.05, 0.1) is 18.2 Å². The second-order valence-electron chi connectivity index (χ2n) is 9.90. The first-order valence-corrected chi connectivity index (χ1v) is 13.8. The van der Waals surface area contributed by atoms with Gasteiger partial charge < -0.3 is 30.1 Å². The number of anilines is 1. The van der Waals surface area contributed by atoms with E-state index in [-0.39, 0.29) is 5.91 Å². The first-order chi connectivity index (χ1) is 17.0. The zero-order valence-corrected chi connectivity index (χ0v) is 22.1. The number of nitrogens with zero attached hydrogens (tertiary/aromatic N) is 3. The molecule has 0 unspecified atom stereocenters. The van der Waals surface area contributed by atoms with Crippen molar-refractivity contribution in [2.24, 2.45) is 0 Å². The number of rotatable bonds is 11. The Bertz CT molecular complexity index is 903. The Morgan fingerprint density at radius 3 is 2.40 bits per heavy atom. The SMILES string of the molecule is CN1CCC(NCC(=O)Nc2ccc(-c3ccc(OCCCCN4CCN(C)CC4)cc3)s2)CC1. The monoisotopic (exact) mass is 499 g/mol. The van der Waals surface area contributed by atoms with Crippen LogP contribution in [0, 0.1) is 0 Å². The maximum atomic E-state index is 12.4. The number of unbranched alkanes of at least 4 members (excludes halogenated alkanes) is 1. The van der Waals surface area contributed by atoms with Crippen molar-refractivity contribution in [2.45, 2.75) is 31.7 Å². The van der Waals surface area contributed by atoms with Gasteiger partial charge in [0.2, 0.25) is 5.91 Å². The molecule has 0 radical (unpaired) electrons. The Morgan fingerprint density at radius 2 is 1.66 bits per heavy atom. The van der Waals surface area contributed by atoms with Gasteiger partial charge in [0.25, 0.3) is 0 Å². The minimum Gasteiger partial charge on any atom is -0.494 e. The molecule has 35 heavy (non-hydrogen) atoms. The molecule has 2 aromatic rings. The van der Waals surface area contributed by atoms with Crippen LogP contribution in [0.15, 0.2) is 36.4 Å². The van der Waals surface area contributed by atoms with Crippen LogP contribution in [0.3, 0.4) is 0 Å². The normalized spacial score (nSPS) is 18.6. The summed E-state index contributed by atoms with van der Waals surface area (Å²) in [5.41, 5.74) is 1.14. The Hall–Kier alpha value is -1.97. The van der Waals surface area contributed by atoms with Crippen LogP contribution in [-0.2, 0) is 4.79 Å². The van der Waals surface area contributed by atoms with Gasteiger partial charge in [-0.3, -0.25) is 4.79 Å². The van der Waals surface area contributed by atoms with Crippen molar-refractivity contribution < 1.29 is 9.53 Å². The molecule has 2 aliphatic rings. The zero-order valence-electron chi connectivity index (χ0n) is 21.3. The molecule has 0 saturated carbocycles. The number of amides is 1. The smallest absolute Gasteiger partial charge is 0.238 e. The standard InChI is InChI=1S/C27H41N5O2S/c1-30-14-11-23(12-15-30)28-21-26(33)29-27-10-9-25(35-27)22-5-7-24(8-6-22)34-20-4-3-13-32-18-16-31(2)17-19-32/h5-10,23,28H,3-4,11-21H2,1-2H3,(H,29,33). The number of benzene rings is 1. The van der Waals surface area contributed by atoms with Crippen molar-refractivity contribution in [3.05, 3.63) is 36.4 Å². The van der Waals surface area contributed by atoms with Crippen LogP contribution in [-0.4, -0.2) is 99.7 Å². The molecule has 0 atom stereocenters. The van der Waals surface area contributed by atoms with E-state index in [1.165, 1.54) is 39.1 Å². The van der Waals surface area contributed by atoms with E-state index in [1.54, 1.807) is 11.3 Å². The maximum absolute atomic E-state index is 12.4. The molecule has 2 N–H and O–H groups in total. The van der Waals surface area contributed by atoms with E-state index in [4.69, 9.17) is 4.74 Å². The average Bonchev–Trinajstić information content (AvgIpc) is 3.33. The first-order valence-electron chi connectivity index (χ1n) is 13.0. The average molecular weight is 500 g/mol. The van der Waals surface area contributed by atoms with Crippen LogP contribution < -0.4 is 15.4 Å². The van der Waals surface area contributed by atoms with Crippen molar-refractivity contribution in [3.8, 4) is 16.2 Å². The van der Waals surface area contributed by atoms with Gasteiger partial charge in [-0.1, -0.05) is 0 Å². The lowest BCUT2D eigenvalue weighted by Gasteiger charge is -2.32. The van der Waals surface area contributed by atoms with Gasteiger partial charge in [-0.2, -0.15) is 0 Å². The summed E-state index contributed by atoms with van der Waals surface area (Å²) in [6, 6.07) is 12.8. The Kier molecular flexibility index (Phi) is 9.97. The predicted molar refractivity (Wildman–Crippen MR) is 146 cm³/mol. The van der Waals surface area contributed by atoms with Gasteiger partial charge in [0, 0.05) is 37.1 Å². The zero-order chi connectivity index (χ0) is 24.5. The molecule has 7 nitrogen and oxygen atoms in total. The number of hydrogen-bond donors (Lipinski definition) is 2. The van der Waals surface area contributed by atoms with Crippen LogP contribution >= 0.6 is 11.3 Å². The number of likely N-dealkylation sites (N-methyl/N-ethyl adjacent to an activating group) is 1. The van der Waals surface area contributed by atoms with Crippen LogP contribution in [0.2, 0.25) is 0 Å². The fourth-order valence-corrected chi connectivity index (χ4v) is 5.53. The van der Waals surface area contributed by atoms with Crippen LogP contribution in [0.25, 0.3) is 10.4 Å². The van der Waals surface area contributed by atoms with Gasteiger partial charge in [0.15, 0.2) is 0 Å². The summed E-state index contributed by atoms with van der Waals surface area (Å²) in [5.74, 6) is 0.937.